The van der Waals surface area contributed by atoms with Crippen molar-refractivity contribution in [3.63, 3.8) is 0 Å². The van der Waals surface area contributed by atoms with Crippen molar-refractivity contribution in [3.05, 3.63) is 59.7 Å². The largest absolute Gasteiger partial charge is 0.369 e. The number of piperazine rings is 1. The van der Waals surface area contributed by atoms with Crippen LogP contribution in [0.3, 0.4) is 0 Å². The summed E-state index contributed by atoms with van der Waals surface area (Å²) in [6.07, 6.45) is 2.98. The Morgan fingerprint density at radius 3 is 2.46 bits per heavy atom. The molecule has 0 aliphatic carbocycles. The van der Waals surface area contributed by atoms with Gasteiger partial charge in [0.1, 0.15) is 0 Å². The molecule has 0 saturated carbocycles. The van der Waals surface area contributed by atoms with Crippen LogP contribution >= 0.6 is 12.4 Å². The number of carbonyl (C=O) groups is 1. The first-order valence-electron chi connectivity index (χ1n) is 8.46. The number of benzene rings is 2. The Balaban J connectivity index is 0.00000243. The highest BCUT2D eigenvalue weighted by Crippen LogP contribution is 2.27. The number of hydrogen-bond donors (Lipinski definition) is 3. The van der Waals surface area contributed by atoms with Gasteiger partial charge in [-0.25, -0.2) is 5.48 Å². The van der Waals surface area contributed by atoms with E-state index in [1.54, 1.807) is 11.6 Å². The van der Waals surface area contributed by atoms with Crippen LogP contribution in [0.25, 0.3) is 17.2 Å². The van der Waals surface area contributed by atoms with E-state index in [1.807, 2.05) is 12.1 Å². The smallest absolute Gasteiger partial charge is 0.267 e. The van der Waals surface area contributed by atoms with E-state index in [2.05, 4.69) is 47.5 Å². The summed E-state index contributed by atoms with van der Waals surface area (Å²) in [4.78, 5) is 13.5. The fourth-order valence-electron chi connectivity index (χ4n) is 3.10. The first kappa shape index (κ1) is 20.0. The number of aryl methyl sites for hydroxylation is 1. The van der Waals surface area contributed by atoms with Crippen molar-refractivity contribution in [1.82, 2.24) is 10.8 Å². The standard InChI is InChI=1S/C20H23N3O2.ClH/c1-15-14-16(3-9-20(24)22-25)2-8-19(15)17-4-6-18(7-5-17)23-12-10-21-11-13-23;/h2-9,14,21,25H,10-13H2,1H3,(H,22,24);1H/b9-3+;. The minimum Gasteiger partial charge on any atom is -0.369 e. The van der Waals surface area contributed by atoms with Crippen molar-refractivity contribution in [2.24, 2.45) is 0 Å². The Morgan fingerprint density at radius 1 is 1.15 bits per heavy atom. The molecule has 0 unspecified atom stereocenters. The molecule has 1 aliphatic rings. The number of carbonyl (C=O) groups excluding carboxylic acids is 1. The average Bonchev–Trinajstić information content (AvgIpc) is 2.67. The first-order valence-corrected chi connectivity index (χ1v) is 8.46. The molecule has 0 radical (unpaired) electrons. The topological polar surface area (TPSA) is 64.6 Å². The summed E-state index contributed by atoms with van der Waals surface area (Å²) >= 11 is 0. The van der Waals surface area contributed by atoms with Gasteiger partial charge in [0.25, 0.3) is 5.91 Å². The molecule has 0 spiro atoms. The Bertz CT molecular complexity index is 769. The SMILES string of the molecule is Cc1cc(/C=C/C(=O)NO)ccc1-c1ccc(N2CCNCC2)cc1.Cl. The monoisotopic (exact) mass is 373 g/mol. The predicted molar refractivity (Wildman–Crippen MR) is 108 cm³/mol. The number of hydrogen-bond acceptors (Lipinski definition) is 4. The molecule has 0 atom stereocenters. The normalized spacial score (nSPS) is 14.2. The van der Waals surface area contributed by atoms with Crippen LogP contribution in [0.1, 0.15) is 11.1 Å². The van der Waals surface area contributed by atoms with E-state index in [0.29, 0.717) is 0 Å². The van der Waals surface area contributed by atoms with Gasteiger partial charge in [0.05, 0.1) is 0 Å². The molecule has 1 amide bonds. The van der Waals surface area contributed by atoms with Gasteiger partial charge in [0, 0.05) is 37.9 Å². The molecular formula is C20H24ClN3O2. The molecule has 1 heterocycles. The Labute approximate surface area is 160 Å². The molecule has 1 saturated heterocycles. The zero-order chi connectivity index (χ0) is 17.6. The maximum Gasteiger partial charge on any atom is 0.267 e. The summed E-state index contributed by atoms with van der Waals surface area (Å²) in [5, 5.41) is 11.9. The number of halogens is 1. The second kappa shape index (κ2) is 9.38. The van der Waals surface area contributed by atoms with Gasteiger partial charge < -0.3 is 10.2 Å². The van der Waals surface area contributed by atoms with Gasteiger partial charge in [-0.2, -0.15) is 0 Å². The molecule has 138 valence electrons. The Morgan fingerprint density at radius 2 is 1.85 bits per heavy atom. The minimum absolute atomic E-state index is 0. The number of nitrogens with zero attached hydrogens (tertiary/aromatic N) is 1. The lowest BCUT2D eigenvalue weighted by Gasteiger charge is -2.29. The van der Waals surface area contributed by atoms with E-state index in [4.69, 9.17) is 5.21 Å². The predicted octanol–water partition coefficient (Wildman–Crippen LogP) is 3.01. The van der Waals surface area contributed by atoms with Gasteiger partial charge in [0.15, 0.2) is 0 Å². The lowest BCUT2D eigenvalue weighted by atomic mass is 9.98. The van der Waals surface area contributed by atoms with Crippen LogP contribution in [0, 0.1) is 6.92 Å². The number of rotatable bonds is 4. The zero-order valence-corrected chi connectivity index (χ0v) is 15.6. The van der Waals surface area contributed by atoms with Crippen LogP contribution in [0.4, 0.5) is 5.69 Å². The summed E-state index contributed by atoms with van der Waals surface area (Å²) in [5.41, 5.74) is 7.26. The van der Waals surface area contributed by atoms with Crippen molar-refractivity contribution < 1.29 is 10.0 Å². The molecule has 0 aromatic heterocycles. The van der Waals surface area contributed by atoms with E-state index in [1.165, 1.54) is 22.9 Å². The molecule has 6 heteroatoms. The molecule has 3 N–H and O–H groups in total. The molecule has 2 aromatic rings. The average molecular weight is 374 g/mol. The first-order chi connectivity index (χ1) is 12.2. The van der Waals surface area contributed by atoms with Gasteiger partial charge in [-0.05, 0) is 47.4 Å². The number of hydroxylamine groups is 1. The highest BCUT2D eigenvalue weighted by molar-refractivity contribution is 5.91. The highest BCUT2D eigenvalue weighted by atomic mass is 35.5. The zero-order valence-electron chi connectivity index (χ0n) is 14.7. The lowest BCUT2D eigenvalue weighted by molar-refractivity contribution is -0.124. The third kappa shape index (κ3) is 4.85. The van der Waals surface area contributed by atoms with Gasteiger partial charge >= 0.3 is 0 Å². The molecule has 5 nitrogen and oxygen atoms in total. The van der Waals surface area contributed by atoms with Crippen molar-refractivity contribution in [2.75, 3.05) is 31.1 Å². The van der Waals surface area contributed by atoms with Gasteiger partial charge in [-0.15, -0.1) is 12.4 Å². The fourth-order valence-corrected chi connectivity index (χ4v) is 3.10. The number of anilines is 1. The molecule has 26 heavy (non-hydrogen) atoms. The minimum atomic E-state index is -0.537. The molecule has 1 aliphatic heterocycles. The summed E-state index contributed by atoms with van der Waals surface area (Å²) in [5.74, 6) is -0.537. The van der Waals surface area contributed by atoms with Crippen LogP contribution < -0.4 is 15.7 Å². The van der Waals surface area contributed by atoms with E-state index in [0.717, 1.165) is 37.3 Å². The van der Waals surface area contributed by atoms with Crippen LogP contribution in [0.15, 0.2) is 48.5 Å². The molecular weight excluding hydrogens is 350 g/mol. The van der Waals surface area contributed by atoms with Gasteiger partial charge in [0.2, 0.25) is 0 Å². The maximum absolute atomic E-state index is 11.1. The van der Waals surface area contributed by atoms with Crippen molar-refractivity contribution in [2.45, 2.75) is 6.92 Å². The van der Waals surface area contributed by atoms with Crippen LogP contribution in [0.5, 0.6) is 0 Å². The second-order valence-electron chi connectivity index (χ2n) is 6.17. The Kier molecular flexibility index (Phi) is 7.21. The van der Waals surface area contributed by atoms with E-state index in [9.17, 15) is 4.79 Å². The van der Waals surface area contributed by atoms with E-state index >= 15 is 0 Å². The van der Waals surface area contributed by atoms with Crippen molar-refractivity contribution in [1.29, 1.82) is 0 Å². The highest BCUT2D eigenvalue weighted by Gasteiger charge is 2.10. The van der Waals surface area contributed by atoms with Crippen LogP contribution in [-0.4, -0.2) is 37.3 Å². The molecule has 2 aromatic carbocycles. The van der Waals surface area contributed by atoms with Gasteiger partial charge in [-0.1, -0.05) is 30.3 Å². The lowest BCUT2D eigenvalue weighted by Crippen LogP contribution is -2.43. The summed E-state index contributed by atoms with van der Waals surface area (Å²) < 4.78 is 0. The van der Waals surface area contributed by atoms with Gasteiger partial charge in [-0.3, -0.25) is 10.0 Å². The Hall–Kier alpha value is -2.34. The third-order valence-corrected chi connectivity index (χ3v) is 4.45. The fraction of sp³-hybridized carbons (Fsp3) is 0.250. The summed E-state index contributed by atoms with van der Waals surface area (Å²) in [6, 6.07) is 14.7. The molecule has 3 rings (SSSR count). The maximum atomic E-state index is 11.1. The third-order valence-electron chi connectivity index (χ3n) is 4.45. The number of nitrogens with one attached hydrogen (secondary N) is 2. The van der Waals surface area contributed by atoms with Crippen LogP contribution in [-0.2, 0) is 4.79 Å². The number of amides is 1. The quantitative estimate of drug-likeness (QED) is 0.438. The van der Waals surface area contributed by atoms with E-state index < -0.39 is 5.91 Å². The molecule has 1 fully saturated rings. The van der Waals surface area contributed by atoms with Crippen molar-refractivity contribution in [3.8, 4) is 11.1 Å². The van der Waals surface area contributed by atoms with E-state index in [-0.39, 0.29) is 12.4 Å². The van der Waals surface area contributed by atoms with Crippen LogP contribution in [0.2, 0.25) is 0 Å². The summed E-state index contributed by atoms with van der Waals surface area (Å²) in [6.45, 7) is 6.21. The second-order valence-corrected chi connectivity index (χ2v) is 6.17. The molecule has 0 bridgehead atoms. The summed E-state index contributed by atoms with van der Waals surface area (Å²) in [7, 11) is 0. The van der Waals surface area contributed by atoms with Crippen molar-refractivity contribution >= 4 is 30.1 Å².